The van der Waals surface area contributed by atoms with Gasteiger partial charge in [0.05, 0.1) is 0 Å². The number of nitrogens with zero attached hydrogens (tertiary/aromatic N) is 1. The van der Waals surface area contributed by atoms with E-state index in [4.69, 9.17) is 34.3 Å². The van der Waals surface area contributed by atoms with Crippen LogP contribution in [0.1, 0.15) is 5.56 Å². The summed E-state index contributed by atoms with van der Waals surface area (Å²) in [5.74, 6) is 0.540. The average Bonchev–Trinajstić information content (AvgIpc) is 2.02. The molecule has 0 amide bonds. The molecule has 13 heavy (non-hydrogen) atoms. The molecule has 0 spiro atoms. The minimum atomic E-state index is 0.0611. The van der Waals surface area contributed by atoms with Gasteiger partial charge in [0.1, 0.15) is 5.15 Å². The van der Waals surface area contributed by atoms with Crippen molar-refractivity contribution in [1.82, 2.24) is 4.98 Å². The summed E-state index contributed by atoms with van der Waals surface area (Å²) >= 11 is 12.7. The number of rotatable bonds is 2. The number of hydrogen-bond acceptors (Lipinski definition) is 3. The van der Waals surface area contributed by atoms with Gasteiger partial charge >= 0.3 is 0 Å². The predicted molar refractivity (Wildman–Crippen MR) is 57.5 cm³/mol. The van der Waals surface area contributed by atoms with Crippen LogP contribution in [-0.4, -0.2) is 10.2 Å². The number of hydrogen-bond donors (Lipinski definition) is 2. The van der Waals surface area contributed by atoms with Crippen molar-refractivity contribution >= 4 is 40.1 Å². The van der Waals surface area contributed by atoms with Crippen molar-refractivity contribution in [3.05, 3.63) is 28.0 Å². The van der Waals surface area contributed by atoms with Gasteiger partial charge in [0.15, 0.2) is 5.17 Å². The molecule has 0 saturated heterocycles. The first-order valence-corrected chi connectivity index (χ1v) is 5.10. The Kier molecular flexibility index (Phi) is 3.84. The summed E-state index contributed by atoms with van der Waals surface area (Å²) in [5, 5.41) is 7.98. The Labute approximate surface area is 90.1 Å². The fourth-order valence-electron chi connectivity index (χ4n) is 0.697. The van der Waals surface area contributed by atoms with E-state index < -0.39 is 0 Å². The molecule has 0 aliphatic heterocycles. The van der Waals surface area contributed by atoms with Crippen LogP contribution in [0.25, 0.3) is 0 Å². The van der Waals surface area contributed by atoms with E-state index in [1.807, 2.05) is 0 Å². The molecule has 6 heteroatoms. The highest BCUT2D eigenvalue weighted by Crippen LogP contribution is 2.22. The minimum absolute atomic E-state index is 0.0611. The molecule has 0 bridgehead atoms. The van der Waals surface area contributed by atoms with Crippen LogP contribution in [0, 0.1) is 5.41 Å². The fourth-order valence-corrected chi connectivity index (χ4v) is 1.75. The molecule has 0 unspecified atom stereocenters. The lowest BCUT2D eigenvalue weighted by Gasteiger charge is -2.02. The average molecular weight is 236 g/mol. The Bertz CT molecular complexity index is 330. The number of nitrogens with two attached hydrogens (primary N) is 1. The maximum absolute atomic E-state index is 7.01. The zero-order valence-electron chi connectivity index (χ0n) is 6.55. The van der Waals surface area contributed by atoms with Gasteiger partial charge in [0.25, 0.3) is 0 Å². The Morgan fingerprint density at radius 2 is 2.31 bits per heavy atom. The summed E-state index contributed by atoms with van der Waals surface area (Å²) in [6, 6.07) is 1.57. The van der Waals surface area contributed by atoms with Gasteiger partial charge in [0, 0.05) is 17.0 Å². The molecule has 1 aromatic heterocycles. The molecular weight excluding hydrogens is 229 g/mol. The highest BCUT2D eigenvalue weighted by atomic mass is 35.5. The fraction of sp³-hybridized carbons (Fsp3) is 0.143. The van der Waals surface area contributed by atoms with E-state index >= 15 is 0 Å². The third-order valence-corrected chi connectivity index (χ3v) is 2.60. The number of halogens is 2. The molecular formula is C7H7Cl2N3S. The molecule has 0 aromatic carbocycles. The number of aromatic nitrogens is 1. The molecule has 0 radical (unpaired) electrons. The summed E-state index contributed by atoms with van der Waals surface area (Å²) < 4.78 is 0. The lowest BCUT2D eigenvalue weighted by molar-refractivity contribution is 1.25. The van der Waals surface area contributed by atoms with Crippen LogP contribution in [0.15, 0.2) is 12.3 Å². The maximum atomic E-state index is 7.01. The van der Waals surface area contributed by atoms with Gasteiger partial charge in [-0.1, -0.05) is 35.0 Å². The van der Waals surface area contributed by atoms with Crippen molar-refractivity contribution in [2.45, 2.75) is 5.75 Å². The van der Waals surface area contributed by atoms with Crippen LogP contribution < -0.4 is 5.73 Å². The Balaban J connectivity index is 2.72. The zero-order chi connectivity index (χ0) is 9.84. The van der Waals surface area contributed by atoms with E-state index in [1.54, 1.807) is 12.3 Å². The third kappa shape index (κ3) is 3.42. The molecule has 1 heterocycles. The molecule has 3 N–H and O–H groups in total. The summed E-state index contributed by atoms with van der Waals surface area (Å²) in [7, 11) is 0. The van der Waals surface area contributed by atoms with E-state index in [0.29, 0.717) is 15.9 Å². The third-order valence-electron chi connectivity index (χ3n) is 1.28. The standard InChI is InChI=1S/C7H7Cl2N3S/c8-5-1-6(9)12-2-4(5)3-13-7(10)11/h1-2H,3H2,(H3,10,11). The van der Waals surface area contributed by atoms with Gasteiger partial charge < -0.3 is 5.73 Å². The second-order valence-corrected chi connectivity index (χ2v) is 4.06. The van der Waals surface area contributed by atoms with Gasteiger partial charge in [-0.3, -0.25) is 5.41 Å². The molecule has 0 saturated carbocycles. The number of thioether (sulfide) groups is 1. The van der Waals surface area contributed by atoms with E-state index in [0.717, 1.165) is 5.56 Å². The van der Waals surface area contributed by atoms with Gasteiger partial charge in [-0.05, 0) is 11.6 Å². The molecule has 3 nitrogen and oxygen atoms in total. The minimum Gasteiger partial charge on any atom is -0.379 e. The largest absolute Gasteiger partial charge is 0.379 e. The van der Waals surface area contributed by atoms with Crippen LogP contribution in [0.5, 0.6) is 0 Å². The number of nitrogens with one attached hydrogen (secondary N) is 1. The van der Waals surface area contributed by atoms with Crippen molar-refractivity contribution < 1.29 is 0 Å². The zero-order valence-corrected chi connectivity index (χ0v) is 8.88. The van der Waals surface area contributed by atoms with Crippen molar-refractivity contribution in [3.8, 4) is 0 Å². The highest BCUT2D eigenvalue weighted by molar-refractivity contribution is 8.13. The molecule has 70 valence electrons. The second kappa shape index (κ2) is 4.69. The predicted octanol–water partition coefficient (Wildman–Crippen LogP) is 2.52. The van der Waals surface area contributed by atoms with Gasteiger partial charge in [0.2, 0.25) is 0 Å². The van der Waals surface area contributed by atoms with E-state index in [1.165, 1.54) is 11.8 Å². The van der Waals surface area contributed by atoms with Gasteiger partial charge in [-0.2, -0.15) is 0 Å². The SMILES string of the molecule is N=C(N)SCc1cnc(Cl)cc1Cl. The molecule has 1 aromatic rings. The first kappa shape index (κ1) is 10.6. The second-order valence-electron chi connectivity index (χ2n) is 2.25. The van der Waals surface area contributed by atoms with Crippen LogP contribution in [0.3, 0.4) is 0 Å². The summed E-state index contributed by atoms with van der Waals surface area (Å²) in [5.41, 5.74) is 6.00. The van der Waals surface area contributed by atoms with E-state index in [9.17, 15) is 0 Å². The Morgan fingerprint density at radius 1 is 1.62 bits per heavy atom. The van der Waals surface area contributed by atoms with Crippen LogP contribution in [0.2, 0.25) is 10.2 Å². The topological polar surface area (TPSA) is 62.8 Å². The van der Waals surface area contributed by atoms with Crippen molar-refractivity contribution in [2.75, 3.05) is 0 Å². The van der Waals surface area contributed by atoms with Gasteiger partial charge in [-0.15, -0.1) is 0 Å². The van der Waals surface area contributed by atoms with Crippen LogP contribution in [0.4, 0.5) is 0 Å². The first-order valence-electron chi connectivity index (χ1n) is 3.36. The van der Waals surface area contributed by atoms with Crippen LogP contribution >= 0.6 is 35.0 Å². The summed E-state index contributed by atoms with van der Waals surface area (Å²) in [4.78, 5) is 3.87. The normalized spacial score (nSPS) is 10.0. The summed E-state index contributed by atoms with van der Waals surface area (Å²) in [6.07, 6.45) is 1.58. The Hall–Kier alpha value is -0.450. The highest BCUT2D eigenvalue weighted by Gasteiger charge is 2.02. The first-order chi connectivity index (χ1) is 6.09. The van der Waals surface area contributed by atoms with Crippen LogP contribution in [-0.2, 0) is 5.75 Å². The van der Waals surface area contributed by atoms with Crippen molar-refractivity contribution in [3.63, 3.8) is 0 Å². The quantitative estimate of drug-likeness (QED) is 0.471. The maximum Gasteiger partial charge on any atom is 0.151 e. The smallest absolute Gasteiger partial charge is 0.151 e. The van der Waals surface area contributed by atoms with E-state index in [2.05, 4.69) is 4.98 Å². The summed E-state index contributed by atoms with van der Waals surface area (Å²) in [6.45, 7) is 0. The van der Waals surface area contributed by atoms with E-state index in [-0.39, 0.29) is 5.17 Å². The van der Waals surface area contributed by atoms with Crippen molar-refractivity contribution in [2.24, 2.45) is 5.73 Å². The lowest BCUT2D eigenvalue weighted by atomic mass is 10.3. The monoisotopic (exact) mass is 235 g/mol. The number of amidine groups is 1. The molecule has 1 rings (SSSR count). The molecule has 0 atom stereocenters. The molecule has 0 aliphatic rings. The molecule has 0 fully saturated rings. The van der Waals surface area contributed by atoms with Gasteiger partial charge in [-0.25, -0.2) is 4.98 Å². The Morgan fingerprint density at radius 3 is 2.85 bits per heavy atom. The molecule has 0 aliphatic carbocycles. The van der Waals surface area contributed by atoms with Crippen molar-refractivity contribution in [1.29, 1.82) is 5.41 Å². The number of pyridine rings is 1. The lowest BCUT2D eigenvalue weighted by Crippen LogP contribution is -2.04.